The Hall–Kier alpha value is -11.1. The maximum atomic E-state index is 12.6. The van der Waals surface area contributed by atoms with Crippen molar-refractivity contribution in [3.63, 3.8) is 0 Å². The molecule has 0 unspecified atom stereocenters. The number of fused-ring (bicyclic) bond motifs is 9. The number of hydrogen-bond acceptors (Lipinski definition) is 9. The molecule has 11 aromatic carbocycles. The monoisotopic (exact) mass is 2270 g/mol. The summed E-state index contributed by atoms with van der Waals surface area (Å²) in [5.74, 6) is 0. The van der Waals surface area contributed by atoms with Gasteiger partial charge in [0.15, 0.2) is 9.84 Å². The Morgan fingerprint density at radius 2 is 0.817 bits per heavy atom. The Morgan fingerprint density at radius 3 is 1.33 bits per heavy atom. The summed E-state index contributed by atoms with van der Waals surface area (Å²) in [4.78, 5) is 27.4. The van der Waals surface area contributed by atoms with E-state index in [9.17, 15) is 8.42 Å². The topological polar surface area (TPSA) is 125 Å². The molecule has 9 heterocycles. The van der Waals surface area contributed by atoms with E-state index in [0.717, 1.165) is 101 Å². The summed E-state index contributed by atoms with van der Waals surface area (Å²) < 4.78 is 74.6. The van der Waals surface area contributed by atoms with Crippen molar-refractivity contribution in [1.29, 1.82) is 0 Å². The van der Waals surface area contributed by atoms with Crippen molar-refractivity contribution in [3.05, 3.63) is 405 Å². The molecule has 0 saturated heterocycles. The zero-order valence-corrected chi connectivity index (χ0v) is 83.7. The summed E-state index contributed by atoms with van der Waals surface area (Å²) in [5.41, 5.74) is 19.9. The summed E-state index contributed by atoms with van der Waals surface area (Å²) in [6.45, 7) is 21.1. The van der Waals surface area contributed by atoms with Crippen molar-refractivity contribution >= 4 is 100 Å². The minimum atomic E-state index is -3.44. The largest absolute Gasteiger partial charge is 0.500 e. The first-order valence-electron chi connectivity index (χ1n) is 43.9. The molecular weight excluding hydrogens is 2160 g/mol. The van der Waals surface area contributed by atoms with Crippen molar-refractivity contribution in [2.45, 2.75) is 96.3 Å². The van der Waals surface area contributed by atoms with Gasteiger partial charge < -0.3 is 34.3 Å². The Balaban J connectivity index is 0.000000147. The predicted octanol–water partition coefficient (Wildman–Crippen LogP) is 22.2. The Morgan fingerprint density at radius 1 is 0.341 bits per heavy atom. The van der Waals surface area contributed by atoms with Crippen LogP contribution in [0, 0.1) is 63.9 Å². The number of aromatic nitrogens is 6. The van der Waals surface area contributed by atoms with Crippen molar-refractivity contribution < 1.29 is 81.4 Å². The normalized spacial score (nSPS) is 13.1. The van der Waals surface area contributed by atoms with Gasteiger partial charge in [-0.05, 0) is 128 Å². The number of nitrogens with zero attached hydrogens (tertiary/aromatic N) is 6. The second-order valence-electron chi connectivity index (χ2n) is 33.4. The fraction of sp³-hybridized carbons (Fsp3) is 0.119. The Labute approximate surface area is 796 Å². The minimum Gasteiger partial charge on any atom is -0.500 e. The molecule has 2 aliphatic rings. The molecule has 0 bridgehead atoms. The van der Waals surface area contributed by atoms with Gasteiger partial charge in [0.2, 0.25) is 0 Å². The summed E-state index contributed by atoms with van der Waals surface area (Å²) in [5, 5.41) is 12.1. The molecule has 9 nitrogen and oxygen atoms in total. The SMILES string of the molecule is C[Si](C)(C)c1ccc(-c2[c-]cc3c(c2)-c2ccccc2S3(=O)=O)nc1.C[Si](C)(C)c1ccc(-c2[c-]cc3c(c2)-c2ccccc2[Si]3(c2ccccc2)c2ccccc2)nc1.Cc1cc(-c2[c-]cc3oc4ccccc4c3c2)ncc1[Si](C)(C)C.Cc1cccnc1-c1[c-]cccc1.[2H]C([2H])([2H])c1ccc(-c2[c-]cccc2)nc1.[2H]C([2H])([2H])c1ccc(-c2[c-]cccc2)nc1.[Ir].[Ir].[Ir]. The third-order valence-electron chi connectivity index (χ3n) is 21.8. The molecule has 7 aromatic heterocycles. The number of benzene rings is 11. The summed E-state index contributed by atoms with van der Waals surface area (Å²) >= 11 is 0. The zero-order valence-electron chi connectivity index (χ0n) is 77.7. The number of para-hydroxylation sites is 1. The van der Waals surface area contributed by atoms with E-state index in [-0.39, 0.29) is 71.4 Å². The molecule has 0 N–H and O–H groups in total. The van der Waals surface area contributed by atoms with E-state index in [1.54, 1.807) is 54.6 Å². The average molecular weight is 2270 g/mol. The van der Waals surface area contributed by atoms with Gasteiger partial charge in [-0.1, -0.05) is 279 Å². The van der Waals surface area contributed by atoms with E-state index in [1.165, 1.54) is 71.0 Å². The van der Waals surface area contributed by atoms with E-state index >= 15 is 0 Å². The second kappa shape index (κ2) is 41.1. The third-order valence-corrected chi connectivity index (χ3v) is 34.8. The standard InChI is InChI=1S/C32H28NSi2.C21H20NOSi.C20H18NO2SSi.3C12H10N.3Ir/c1-34(2,3)27-19-20-30(33-23-27)24-18-21-32-29(22-24)28-16-10-11-17-31(28)35(32,25-12-6-4-7-13-25)26-14-8-5-9-15-26;1-14-11-18(22-13-21(14)24(2,3)4)15-9-10-20-17(12-15)16-7-5-6-8-19(16)23-20;1-25(2,3)15-9-10-18(21-13-15)14-8-11-20-17(12-14)16-6-4-5-7-19(16)24(20,22)23;1-10-6-5-9-13-12(10)11-7-3-2-4-8-11;2*1-10-7-8-12(13-9-10)11-5-3-2-4-6-11;;;/h4-17,19-23H,1-3H3;5-8,10-13H,1-4H3;4-7,9-13H,1-3H3;2-7,9H,1H3;2*2-5,7-9H,1H3;;;/q6*-1;;;/i;;;;2*1D3;;;. The van der Waals surface area contributed by atoms with Gasteiger partial charge in [0.05, 0.1) is 34.7 Å². The van der Waals surface area contributed by atoms with Gasteiger partial charge in [-0.2, -0.15) is 0 Å². The van der Waals surface area contributed by atoms with Crippen LogP contribution in [-0.4, -0.2) is 70.6 Å². The molecule has 17 heteroatoms. The average Bonchev–Trinajstić information content (AvgIpc) is 1.53. The van der Waals surface area contributed by atoms with Crippen molar-refractivity contribution in [1.82, 2.24) is 29.9 Å². The summed E-state index contributed by atoms with van der Waals surface area (Å²) in [7, 11) is -10.00. The fourth-order valence-corrected chi connectivity index (χ4v) is 26.0. The number of sulfone groups is 1. The molecule has 0 saturated carbocycles. The fourth-order valence-electron chi connectivity index (χ4n) is 15.4. The van der Waals surface area contributed by atoms with Crippen LogP contribution in [0.15, 0.2) is 361 Å². The van der Waals surface area contributed by atoms with E-state index < -0.39 is 55.8 Å². The third kappa shape index (κ3) is 21.1. The molecule has 0 atom stereocenters. The van der Waals surface area contributed by atoms with Crippen LogP contribution in [0.3, 0.4) is 0 Å². The zero-order chi connectivity index (χ0) is 91.1. The van der Waals surface area contributed by atoms with E-state index in [4.69, 9.17) is 22.6 Å². The van der Waals surface area contributed by atoms with Crippen LogP contribution in [0.2, 0.25) is 58.9 Å². The van der Waals surface area contributed by atoms with E-state index in [0.29, 0.717) is 9.79 Å². The molecule has 0 fully saturated rings. The van der Waals surface area contributed by atoms with Crippen molar-refractivity contribution in [3.8, 4) is 89.8 Å². The molecule has 0 aliphatic carbocycles. The van der Waals surface area contributed by atoms with Crippen LogP contribution in [0.1, 0.15) is 30.5 Å². The van der Waals surface area contributed by atoms with Crippen LogP contribution < -0.4 is 36.3 Å². The van der Waals surface area contributed by atoms with Gasteiger partial charge in [0.1, 0.15) is 13.7 Å². The molecule has 635 valence electrons. The number of aryl methyl sites for hydroxylation is 4. The van der Waals surface area contributed by atoms with Gasteiger partial charge in [-0.3, -0.25) is 0 Å². The number of pyridine rings is 6. The first-order valence-corrected chi connectivity index (χ1v) is 54.9. The van der Waals surface area contributed by atoms with Gasteiger partial charge >= 0.3 is 0 Å². The Kier molecular flexibility index (Phi) is 28.0. The number of hydrogen-bond donors (Lipinski definition) is 0. The van der Waals surface area contributed by atoms with Crippen LogP contribution in [0.5, 0.6) is 0 Å². The molecular formula is C109H96Ir3N6O3SSi4-6. The van der Waals surface area contributed by atoms with Crippen LogP contribution >= 0.6 is 0 Å². The predicted molar refractivity (Wildman–Crippen MR) is 520 cm³/mol. The maximum absolute atomic E-state index is 12.6. The second-order valence-corrected chi connectivity index (χ2v) is 54.2. The summed E-state index contributed by atoms with van der Waals surface area (Å²) in [6, 6.07) is 122. The van der Waals surface area contributed by atoms with Crippen LogP contribution in [0.4, 0.5) is 0 Å². The van der Waals surface area contributed by atoms with Crippen LogP contribution in [-0.2, 0) is 70.2 Å². The smallest absolute Gasteiger partial charge is 0.173 e. The molecule has 3 radical (unpaired) electrons. The Bertz CT molecular complexity index is 6970. The van der Waals surface area contributed by atoms with Gasteiger partial charge in [-0.15, -0.1) is 184 Å². The number of furan rings is 1. The van der Waals surface area contributed by atoms with Gasteiger partial charge in [0, 0.05) is 111 Å². The molecule has 20 rings (SSSR count). The van der Waals surface area contributed by atoms with Crippen LogP contribution in [0.25, 0.3) is 112 Å². The number of rotatable bonds is 11. The van der Waals surface area contributed by atoms with Crippen molar-refractivity contribution in [2.24, 2.45) is 0 Å². The van der Waals surface area contributed by atoms with E-state index in [1.807, 2.05) is 128 Å². The first kappa shape index (κ1) is 85.7. The van der Waals surface area contributed by atoms with Crippen molar-refractivity contribution in [2.75, 3.05) is 0 Å². The van der Waals surface area contributed by atoms with Gasteiger partial charge in [-0.25, -0.2) is 8.42 Å². The molecule has 2 aliphatic heterocycles. The molecule has 0 amide bonds. The minimum absolute atomic E-state index is 0. The molecule has 126 heavy (non-hydrogen) atoms. The maximum Gasteiger partial charge on any atom is 0.173 e. The summed E-state index contributed by atoms with van der Waals surface area (Å²) in [6.07, 6.45) is 10.7. The van der Waals surface area contributed by atoms with E-state index in [2.05, 4.69) is 281 Å². The van der Waals surface area contributed by atoms with Gasteiger partial charge in [0.25, 0.3) is 0 Å². The molecule has 0 spiro atoms. The first-order chi connectivity index (χ1) is 61.7. The molecule has 18 aromatic rings. The quantitative estimate of drug-likeness (QED) is 0.0919.